The molecule has 1 aliphatic carbocycles. The lowest BCUT2D eigenvalue weighted by molar-refractivity contribution is -0.141. The van der Waals surface area contributed by atoms with Gasteiger partial charge in [-0.3, -0.25) is 4.79 Å². The van der Waals surface area contributed by atoms with Crippen LogP contribution in [-0.2, 0) is 4.79 Å². The molecule has 3 rings (SSSR count). The second-order valence-electron chi connectivity index (χ2n) is 6.40. The lowest BCUT2D eigenvalue weighted by Crippen LogP contribution is -2.42. The number of amides is 2. The first-order valence-corrected chi connectivity index (χ1v) is 7.94. The van der Waals surface area contributed by atoms with Crippen LogP contribution < -0.4 is 5.32 Å². The third-order valence-electron chi connectivity index (χ3n) is 4.87. The minimum atomic E-state index is -0.806. The van der Waals surface area contributed by atoms with Crippen molar-refractivity contribution in [1.82, 2.24) is 10.2 Å². The zero-order chi connectivity index (χ0) is 15.5. The van der Waals surface area contributed by atoms with E-state index in [4.69, 9.17) is 5.11 Å². The number of hydrogen-bond donors (Lipinski definition) is 2. The van der Waals surface area contributed by atoms with Gasteiger partial charge in [-0.15, -0.1) is 0 Å². The Labute approximate surface area is 130 Å². The number of nitrogens with zero attached hydrogens (tertiary/aromatic N) is 1. The summed E-state index contributed by atoms with van der Waals surface area (Å²) in [6.45, 7) is 1.56. The summed E-state index contributed by atoms with van der Waals surface area (Å²) >= 11 is 0. The molecule has 0 spiro atoms. The van der Waals surface area contributed by atoms with Gasteiger partial charge in [0.15, 0.2) is 0 Å². The summed E-state index contributed by atoms with van der Waals surface area (Å²) in [5.74, 6) is -0.0600. The van der Waals surface area contributed by atoms with Crippen LogP contribution in [0.1, 0.15) is 30.7 Å². The van der Waals surface area contributed by atoms with E-state index in [1.807, 2.05) is 6.07 Å². The molecule has 1 unspecified atom stereocenters. The van der Waals surface area contributed by atoms with Crippen LogP contribution in [0.25, 0.3) is 0 Å². The number of likely N-dealkylation sites (tertiary alicyclic amines) is 1. The zero-order valence-electron chi connectivity index (χ0n) is 12.6. The second-order valence-corrected chi connectivity index (χ2v) is 6.40. The number of carboxylic acid groups (broad SMARTS) is 1. The summed E-state index contributed by atoms with van der Waals surface area (Å²) in [4.78, 5) is 24.6. The Balaban J connectivity index is 1.38. The van der Waals surface area contributed by atoms with E-state index in [0.717, 1.165) is 12.8 Å². The van der Waals surface area contributed by atoms with Crippen molar-refractivity contribution in [2.45, 2.75) is 25.2 Å². The molecule has 1 saturated heterocycles. The first kappa shape index (κ1) is 14.9. The summed E-state index contributed by atoms with van der Waals surface area (Å²) in [7, 11) is 0. The van der Waals surface area contributed by atoms with Crippen LogP contribution in [0.15, 0.2) is 30.3 Å². The first-order valence-electron chi connectivity index (χ1n) is 7.94. The standard InChI is InChI=1S/C17H22N2O3/c20-16(21)14-6-7-19(11-14)17(22)18-10-12-8-15(9-12)13-4-2-1-3-5-13/h1-5,12,14-15H,6-11H2,(H,18,22)(H,20,21). The summed E-state index contributed by atoms with van der Waals surface area (Å²) in [6, 6.07) is 10.4. The monoisotopic (exact) mass is 302 g/mol. The number of carbonyl (C=O) groups excluding carboxylic acids is 1. The number of rotatable bonds is 4. The average molecular weight is 302 g/mol. The topological polar surface area (TPSA) is 69.6 Å². The first-order chi connectivity index (χ1) is 10.6. The van der Waals surface area contributed by atoms with Crippen LogP contribution in [0, 0.1) is 11.8 Å². The van der Waals surface area contributed by atoms with Gasteiger partial charge >= 0.3 is 12.0 Å². The van der Waals surface area contributed by atoms with E-state index in [1.54, 1.807) is 4.90 Å². The fourth-order valence-corrected chi connectivity index (χ4v) is 3.39. The molecule has 0 radical (unpaired) electrons. The number of aliphatic carboxylic acids is 1. The molecule has 2 fully saturated rings. The molecule has 1 atom stereocenters. The minimum Gasteiger partial charge on any atom is -0.481 e. The number of carboxylic acids is 1. The number of urea groups is 1. The number of hydrogen-bond acceptors (Lipinski definition) is 2. The molecule has 0 bridgehead atoms. The molecule has 2 N–H and O–H groups in total. The van der Waals surface area contributed by atoms with E-state index in [2.05, 4.69) is 29.6 Å². The van der Waals surface area contributed by atoms with Crippen LogP contribution in [-0.4, -0.2) is 41.6 Å². The summed E-state index contributed by atoms with van der Waals surface area (Å²) < 4.78 is 0. The molecule has 1 aromatic rings. The van der Waals surface area contributed by atoms with Crippen LogP contribution in [0.3, 0.4) is 0 Å². The molecule has 118 valence electrons. The highest BCUT2D eigenvalue weighted by Gasteiger charge is 2.33. The van der Waals surface area contributed by atoms with Gasteiger partial charge in [0.1, 0.15) is 0 Å². The molecule has 22 heavy (non-hydrogen) atoms. The molecule has 1 heterocycles. The van der Waals surface area contributed by atoms with Crippen LogP contribution in [0.5, 0.6) is 0 Å². The molecule has 2 aliphatic rings. The maximum absolute atomic E-state index is 12.0. The summed E-state index contributed by atoms with van der Waals surface area (Å²) in [5, 5.41) is 11.9. The molecule has 5 nitrogen and oxygen atoms in total. The van der Waals surface area contributed by atoms with Crippen molar-refractivity contribution in [2.24, 2.45) is 11.8 Å². The molecule has 2 amide bonds. The van der Waals surface area contributed by atoms with Gasteiger partial charge in [-0.2, -0.15) is 0 Å². The Morgan fingerprint density at radius 1 is 1.23 bits per heavy atom. The van der Waals surface area contributed by atoms with Crippen molar-refractivity contribution in [2.75, 3.05) is 19.6 Å². The third-order valence-corrected chi connectivity index (χ3v) is 4.87. The predicted octanol–water partition coefficient (Wildman–Crippen LogP) is 2.30. The van der Waals surface area contributed by atoms with Gasteiger partial charge in [0.05, 0.1) is 5.92 Å². The molecule has 1 saturated carbocycles. The van der Waals surface area contributed by atoms with Crippen molar-refractivity contribution in [3.05, 3.63) is 35.9 Å². The maximum atomic E-state index is 12.0. The summed E-state index contributed by atoms with van der Waals surface area (Å²) in [5.41, 5.74) is 1.38. The SMILES string of the molecule is O=C(O)C1CCN(C(=O)NCC2CC(c3ccccc3)C2)C1. The Kier molecular flexibility index (Phi) is 4.32. The maximum Gasteiger partial charge on any atom is 0.317 e. The summed E-state index contributed by atoms with van der Waals surface area (Å²) in [6.07, 6.45) is 2.78. The van der Waals surface area contributed by atoms with Gasteiger partial charge in [0, 0.05) is 19.6 Å². The zero-order valence-corrected chi connectivity index (χ0v) is 12.6. The van der Waals surface area contributed by atoms with Gasteiger partial charge in [0.2, 0.25) is 0 Å². The highest BCUT2D eigenvalue weighted by atomic mass is 16.4. The van der Waals surface area contributed by atoms with Gasteiger partial charge in [0.25, 0.3) is 0 Å². The lowest BCUT2D eigenvalue weighted by atomic mass is 9.71. The highest BCUT2D eigenvalue weighted by molar-refractivity contribution is 5.77. The highest BCUT2D eigenvalue weighted by Crippen LogP contribution is 2.41. The van der Waals surface area contributed by atoms with E-state index in [-0.39, 0.29) is 6.03 Å². The average Bonchev–Trinajstić information content (AvgIpc) is 2.96. The van der Waals surface area contributed by atoms with Gasteiger partial charge in [-0.05, 0) is 36.7 Å². The van der Waals surface area contributed by atoms with Crippen LogP contribution >= 0.6 is 0 Å². The lowest BCUT2D eigenvalue weighted by Gasteiger charge is -2.36. The smallest absolute Gasteiger partial charge is 0.317 e. The molecule has 0 aromatic heterocycles. The molecular weight excluding hydrogens is 280 g/mol. The Bertz CT molecular complexity index is 540. The van der Waals surface area contributed by atoms with Gasteiger partial charge < -0.3 is 15.3 Å². The van der Waals surface area contributed by atoms with E-state index >= 15 is 0 Å². The van der Waals surface area contributed by atoms with Crippen molar-refractivity contribution in [3.8, 4) is 0 Å². The third kappa shape index (κ3) is 3.24. The van der Waals surface area contributed by atoms with E-state index in [0.29, 0.717) is 37.9 Å². The van der Waals surface area contributed by atoms with Gasteiger partial charge in [-0.25, -0.2) is 4.79 Å². The fraction of sp³-hybridized carbons (Fsp3) is 0.529. The largest absolute Gasteiger partial charge is 0.481 e. The second kappa shape index (κ2) is 6.38. The van der Waals surface area contributed by atoms with Crippen LogP contribution in [0.2, 0.25) is 0 Å². The number of carbonyl (C=O) groups is 2. The Morgan fingerprint density at radius 2 is 1.95 bits per heavy atom. The molecule has 1 aromatic carbocycles. The number of nitrogens with one attached hydrogen (secondary N) is 1. The number of benzene rings is 1. The van der Waals surface area contributed by atoms with Crippen molar-refractivity contribution in [1.29, 1.82) is 0 Å². The van der Waals surface area contributed by atoms with E-state index in [9.17, 15) is 9.59 Å². The minimum absolute atomic E-state index is 0.119. The quantitative estimate of drug-likeness (QED) is 0.896. The van der Waals surface area contributed by atoms with Crippen molar-refractivity contribution in [3.63, 3.8) is 0 Å². The molecular formula is C17H22N2O3. The van der Waals surface area contributed by atoms with Crippen molar-refractivity contribution < 1.29 is 14.7 Å². The molecule has 5 heteroatoms. The Hall–Kier alpha value is -2.04. The van der Waals surface area contributed by atoms with Gasteiger partial charge in [-0.1, -0.05) is 30.3 Å². The predicted molar refractivity (Wildman–Crippen MR) is 82.6 cm³/mol. The Morgan fingerprint density at radius 3 is 2.59 bits per heavy atom. The normalized spacial score (nSPS) is 27.3. The van der Waals surface area contributed by atoms with Crippen LogP contribution in [0.4, 0.5) is 4.79 Å². The van der Waals surface area contributed by atoms with Crippen molar-refractivity contribution >= 4 is 12.0 Å². The molecule has 1 aliphatic heterocycles. The van der Waals surface area contributed by atoms with E-state index in [1.165, 1.54) is 5.56 Å². The van der Waals surface area contributed by atoms with E-state index < -0.39 is 11.9 Å². The fourth-order valence-electron chi connectivity index (χ4n) is 3.39.